The summed E-state index contributed by atoms with van der Waals surface area (Å²) in [6.45, 7) is 7.54. The van der Waals surface area contributed by atoms with Crippen molar-refractivity contribution in [2.45, 2.75) is 27.7 Å². The molecule has 118 valence electrons. The maximum atomic E-state index is 12.2. The molecule has 1 fully saturated rings. The Bertz CT molecular complexity index is 882. The van der Waals surface area contributed by atoms with Crippen LogP contribution in [-0.4, -0.2) is 16.5 Å². The third kappa shape index (κ3) is 2.13. The number of cyclic esters (lactones) is 2. The summed E-state index contributed by atoms with van der Waals surface area (Å²) in [4.78, 5) is 24.2. The lowest BCUT2D eigenvalue weighted by molar-refractivity contribution is -0.149. The lowest BCUT2D eigenvalue weighted by Crippen LogP contribution is -2.03. The Labute approximate surface area is 135 Å². The monoisotopic (exact) mass is 309 g/mol. The van der Waals surface area contributed by atoms with Crippen LogP contribution in [0.5, 0.6) is 0 Å². The maximum Gasteiger partial charge on any atom is 0.347 e. The molecule has 23 heavy (non-hydrogen) atoms. The predicted octanol–water partition coefficient (Wildman–Crippen LogP) is 3.68. The third-order valence-electron chi connectivity index (χ3n) is 4.43. The SMILES string of the molecule is CC(C)=C1C(=O)OC(=O)/C1=C(/C)c1c(C)c2ccccc2n1C. The van der Waals surface area contributed by atoms with Crippen LogP contribution < -0.4 is 0 Å². The number of fused-ring (bicyclic) bond motifs is 1. The average molecular weight is 309 g/mol. The van der Waals surface area contributed by atoms with Gasteiger partial charge in [-0.3, -0.25) is 0 Å². The second-order valence-corrected chi connectivity index (χ2v) is 6.10. The number of carbonyl (C=O) groups excluding carboxylic acids is 2. The van der Waals surface area contributed by atoms with Crippen molar-refractivity contribution >= 4 is 28.4 Å². The first-order valence-corrected chi connectivity index (χ1v) is 7.54. The van der Waals surface area contributed by atoms with Crippen molar-refractivity contribution in [3.05, 3.63) is 52.2 Å². The van der Waals surface area contributed by atoms with Crippen molar-refractivity contribution in [1.29, 1.82) is 0 Å². The molecule has 0 unspecified atom stereocenters. The van der Waals surface area contributed by atoms with Gasteiger partial charge in [0, 0.05) is 23.6 Å². The normalized spacial score (nSPS) is 17.0. The average Bonchev–Trinajstić information content (AvgIpc) is 2.93. The van der Waals surface area contributed by atoms with E-state index in [1.54, 1.807) is 0 Å². The molecule has 0 saturated carbocycles. The topological polar surface area (TPSA) is 48.3 Å². The summed E-state index contributed by atoms with van der Waals surface area (Å²) in [5, 5.41) is 1.14. The molecule has 0 radical (unpaired) electrons. The number of benzene rings is 1. The van der Waals surface area contributed by atoms with E-state index in [0.29, 0.717) is 11.1 Å². The zero-order valence-electron chi connectivity index (χ0n) is 14.0. The minimum Gasteiger partial charge on any atom is -0.386 e. The standard InChI is InChI=1S/C19H19NO3/c1-10(2)15-16(19(22)23-18(15)21)12(4)17-11(3)13-8-6-7-9-14(13)20(17)5/h6-9H,1-5H3/b16-12-. The molecule has 2 aromatic rings. The Hall–Kier alpha value is -2.62. The van der Waals surface area contributed by atoms with Crippen molar-refractivity contribution in [3.8, 4) is 0 Å². The van der Waals surface area contributed by atoms with Crippen LogP contribution in [-0.2, 0) is 21.4 Å². The minimum absolute atomic E-state index is 0.379. The summed E-state index contributed by atoms with van der Waals surface area (Å²) in [5.41, 5.74) is 5.46. The number of ether oxygens (including phenoxy) is 1. The van der Waals surface area contributed by atoms with E-state index in [0.717, 1.165) is 33.3 Å². The summed E-state index contributed by atoms with van der Waals surface area (Å²) < 4.78 is 6.90. The van der Waals surface area contributed by atoms with Crippen molar-refractivity contribution in [3.63, 3.8) is 0 Å². The second-order valence-electron chi connectivity index (χ2n) is 6.10. The molecule has 2 heterocycles. The molecule has 0 spiro atoms. The zero-order valence-corrected chi connectivity index (χ0v) is 14.0. The lowest BCUT2D eigenvalue weighted by Gasteiger charge is -2.09. The fourth-order valence-corrected chi connectivity index (χ4v) is 3.42. The first-order valence-electron chi connectivity index (χ1n) is 7.54. The lowest BCUT2D eigenvalue weighted by atomic mass is 9.96. The molecular formula is C19H19NO3. The number of rotatable bonds is 1. The molecule has 1 saturated heterocycles. The first-order chi connectivity index (χ1) is 10.8. The van der Waals surface area contributed by atoms with Gasteiger partial charge in [0.15, 0.2) is 0 Å². The highest BCUT2D eigenvalue weighted by atomic mass is 16.6. The third-order valence-corrected chi connectivity index (χ3v) is 4.43. The van der Waals surface area contributed by atoms with E-state index < -0.39 is 11.9 Å². The zero-order chi connectivity index (χ0) is 16.9. The summed E-state index contributed by atoms with van der Waals surface area (Å²) in [7, 11) is 1.97. The van der Waals surface area contributed by atoms with Crippen molar-refractivity contribution in [2.24, 2.45) is 7.05 Å². The van der Waals surface area contributed by atoms with Crippen LogP contribution in [0.3, 0.4) is 0 Å². The van der Waals surface area contributed by atoms with E-state index in [1.807, 2.05) is 52.9 Å². The van der Waals surface area contributed by atoms with E-state index in [2.05, 4.69) is 10.6 Å². The number of allylic oxidation sites excluding steroid dienone is 2. The number of hydrogen-bond donors (Lipinski definition) is 0. The highest BCUT2D eigenvalue weighted by molar-refractivity contribution is 6.22. The fraction of sp³-hybridized carbons (Fsp3) is 0.263. The molecule has 4 heteroatoms. The van der Waals surface area contributed by atoms with Gasteiger partial charge in [0.1, 0.15) is 0 Å². The molecule has 3 rings (SSSR count). The largest absolute Gasteiger partial charge is 0.386 e. The van der Waals surface area contributed by atoms with Crippen molar-refractivity contribution in [2.75, 3.05) is 0 Å². The fourth-order valence-electron chi connectivity index (χ4n) is 3.42. The summed E-state index contributed by atoms with van der Waals surface area (Å²) in [5.74, 6) is -1.12. The summed E-state index contributed by atoms with van der Waals surface area (Å²) in [6.07, 6.45) is 0. The van der Waals surface area contributed by atoms with Crippen molar-refractivity contribution in [1.82, 2.24) is 4.57 Å². The Morgan fingerprint density at radius 3 is 2.22 bits per heavy atom. The van der Waals surface area contributed by atoms with Crippen LogP contribution in [0, 0.1) is 6.92 Å². The van der Waals surface area contributed by atoms with Crippen molar-refractivity contribution < 1.29 is 14.3 Å². The molecule has 0 amide bonds. The maximum absolute atomic E-state index is 12.2. The van der Waals surface area contributed by atoms with E-state index in [4.69, 9.17) is 4.74 Å². The van der Waals surface area contributed by atoms with Gasteiger partial charge in [-0.25, -0.2) is 9.59 Å². The van der Waals surface area contributed by atoms with E-state index >= 15 is 0 Å². The number of hydrogen-bond acceptors (Lipinski definition) is 3. The molecule has 0 aliphatic carbocycles. The van der Waals surface area contributed by atoms with Crippen LogP contribution in [0.2, 0.25) is 0 Å². The van der Waals surface area contributed by atoms with Gasteiger partial charge in [0.2, 0.25) is 0 Å². The van der Waals surface area contributed by atoms with Gasteiger partial charge >= 0.3 is 11.9 Å². The van der Waals surface area contributed by atoms with Crippen LogP contribution in [0.4, 0.5) is 0 Å². The van der Waals surface area contributed by atoms with Crippen LogP contribution in [0.15, 0.2) is 41.0 Å². The first kappa shape index (κ1) is 15.3. The molecule has 0 atom stereocenters. The van der Waals surface area contributed by atoms with Gasteiger partial charge < -0.3 is 9.30 Å². The number of carbonyl (C=O) groups is 2. The van der Waals surface area contributed by atoms with E-state index in [9.17, 15) is 9.59 Å². The second kappa shape index (κ2) is 5.23. The molecule has 1 aromatic carbocycles. The Morgan fingerprint density at radius 1 is 1.00 bits per heavy atom. The molecule has 0 N–H and O–H groups in total. The molecule has 1 aromatic heterocycles. The molecule has 1 aliphatic rings. The predicted molar refractivity (Wildman–Crippen MR) is 89.7 cm³/mol. The number of esters is 2. The van der Waals surface area contributed by atoms with Crippen LogP contribution in [0.1, 0.15) is 32.0 Å². The molecular weight excluding hydrogens is 290 g/mol. The van der Waals surface area contributed by atoms with Gasteiger partial charge in [-0.1, -0.05) is 23.8 Å². The highest BCUT2D eigenvalue weighted by Crippen LogP contribution is 2.36. The van der Waals surface area contributed by atoms with Gasteiger partial charge in [-0.2, -0.15) is 0 Å². The molecule has 1 aliphatic heterocycles. The van der Waals surface area contributed by atoms with Gasteiger partial charge in [-0.15, -0.1) is 0 Å². The van der Waals surface area contributed by atoms with Crippen LogP contribution >= 0.6 is 0 Å². The Balaban J connectivity index is 2.37. The summed E-state index contributed by atoms with van der Waals surface area (Å²) in [6, 6.07) is 8.09. The number of para-hydroxylation sites is 1. The Kier molecular flexibility index (Phi) is 3.48. The molecule has 4 nitrogen and oxygen atoms in total. The van der Waals surface area contributed by atoms with Gasteiger partial charge in [0.25, 0.3) is 0 Å². The van der Waals surface area contributed by atoms with E-state index in [-0.39, 0.29) is 0 Å². The van der Waals surface area contributed by atoms with Gasteiger partial charge in [0.05, 0.1) is 11.1 Å². The van der Waals surface area contributed by atoms with Crippen LogP contribution in [0.25, 0.3) is 16.5 Å². The quantitative estimate of drug-likeness (QED) is 0.459. The Morgan fingerprint density at radius 2 is 1.61 bits per heavy atom. The number of nitrogens with zero attached hydrogens (tertiary/aromatic N) is 1. The number of aromatic nitrogens is 1. The minimum atomic E-state index is -0.562. The van der Waals surface area contributed by atoms with Gasteiger partial charge in [-0.05, 0) is 44.9 Å². The molecule has 0 bridgehead atoms. The summed E-state index contributed by atoms with van der Waals surface area (Å²) >= 11 is 0. The number of aryl methyl sites for hydroxylation is 2. The smallest absolute Gasteiger partial charge is 0.347 e. The van der Waals surface area contributed by atoms with E-state index in [1.165, 1.54) is 0 Å². The highest BCUT2D eigenvalue weighted by Gasteiger charge is 2.36.